The minimum Gasteiger partial charge on any atom is -0.192 e. The minimum absolute atomic E-state index is 0.0608. The largest absolute Gasteiger partial charge is 0.192 e. The van der Waals surface area contributed by atoms with Crippen molar-refractivity contribution in [2.45, 2.75) is 0 Å². The lowest BCUT2D eigenvalue weighted by Crippen LogP contribution is -1.86. The van der Waals surface area contributed by atoms with Gasteiger partial charge in [-0.2, -0.15) is 10.5 Å². The molecular formula is C18H10BrClN2. The molecule has 2 nitrogen and oxygen atoms in total. The quantitative estimate of drug-likeness (QED) is 0.521. The number of nitrogens with zero attached hydrogens (tertiary/aromatic N) is 2. The molecule has 0 aliphatic carbocycles. The van der Waals surface area contributed by atoms with Crippen molar-refractivity contribution < 1.29 is 0 Å². The molecule has 0 aliphatic heterocycles. The highest BCUT2D eigenvalue weighted by Gasteiger charge is 2.06. The number of nitriles is 2. The van der Waals surface area contributed by atoms with Crippen molar-refractivity contribution in [1.82, 2.24) is 0 Å². The molecule has 22 heavy (non-hydrogen) atoms. The predicted octanol–water partition coefficient (Wildman–Crippen LogP) is 5.62. The zero-order valence-corrected chi connectivity index (χ0v) is 13.8. The average Bonchev–Trinajstić information content (AvgIpc) is 2.54. The highest BCUT2D eigenvalue weighted by Crippen LogP contribution is 2.24. The second kappa shape index (κ2) is 7.61. The van der Waals surface area contributed by atoms with Crippen molar-refractivity contribution in [3.05, 3.63) is 80.8 Å². The molecule has 0 saturated heterocycles. The first kappa shape index (κ1) is 16.0. The Morgan fingerprint density at radius 2 is 1.64 bits per heavy atom. The van der Waals surface area contributed by atoms with Gasteiger partial charge in [0.25, 0.3) is 0 Å². The number of allylic oxidation sites excluding steroid dienone is 3. The van der Waals surface area contributed by atoms with Crippen LogP contribution in [0.15, 0.2) is 64.7 Å². The Labute approximate surface area is 142 Å². The molecule has 0 amide bonds. The zero-order chi connectivity index (χ0) is 15.9. The fraction of sp³-hybridized carbons (Fsp3) is 0. The molecule has 106 valence electrons. The summed E-state index contributed by atoms with van der Waals surface area (Å²) in [7, 11) is 0. The zero-order valence-electron chi connectivity index (χ0n) is 11.4. The van der Waals surface area contributed by atoms with Crippen LogP contribution < -0.4 is 0 Å². The lowest BCUT2D eigenvalue weighted by Gasteiger charge is -2.04. The van der Waals surface area contributed by atoms with Crippen LogP contribution in [0.1, 0.15) is 11.1 Å². The molecule has 0 bridgehead atoms. The summed E-state index contributed by atoms with van der Waals surface area (Å²) in [5, 5.41) is 18.9. The standard InChI is InChI=1S/C18H10BrClN2/c19-16-8-5-13(6-9-16)17(15(11-21)12-22)10-7-14-3-1-2-4-18(14)20/h1-10H/b10-7+. The summed E-state index contributed by atoms with van der Waals surface area (Å²) in [5.74, 6) is 0. The van der Waals surface area contributed by atoms with Gasteiger partial charge >= 0.3 is 0 Å². The third-order valence-electron chi connectivity index (χ3n) is 2.98. The Hall–Kier alpha value is -2.33. The molecule has 0 radical (unpaired) electrons. The minimum atomic E-state index is 0.0608. The molecule has 0 atom stereocenters. The first-order valence-electron chi connectivity index (χ1n) is 6.38. The van der Waals surface area contributed by atoms with Gasteiger partial charge in [-0.05, 0) is 29.3 Å². The van der Waals surface area contributed by atoms with Crippen LogP contribution in [0.4, 0.5) is 0 Å². The van der Waals surface area contributed by atoms with Crippen LogP contribution in [-0.2, 0) is 0 Å². The van der Waals surface area contributed by atoms with Crippen LogP contribution in [0.3, 0.4) is 0 Å². The lowest BCUT2D eigenvalue weighted by atomic mass is 9.99. The van der Waals surface area contributed by atoms with Gasteiger partial charge in [0.1, 0.15) is 17.7 Å². The van der Waals surface area contributed by atoms with Crippen molar-refractivity contribution in [2.24, 2.45) is 0 Å². The molecule has 0 unspecified atom stereocenters. The van der Waals surface area contributed by atoms with E-state index in [1.807, 2.05) is 54.6 Å². The maximum Gasteiger partial charge on any atom is 0.137 e. The SMILES string of the molecule is N#CC(C#N)=C(/C=C/c1ccccc1Cl)c1ccc(Br)cc1. The summed E-state index contributed by atoms with van der Waals surface area (Å²) >= 11 is 9.49. The van der Waals surface area contributed by atoms with E-state index in [0.29, 0.717) is 10.6 Å². The van der Waals surface area contributed by atoms with Crippen molar-refractivity contribution in [3.8, 4) is 12.1 Å². The van der Waals surface area contributed by atoms with Gasteiger partial charge in [0.05, 0.1) is 0 Å². The highest BCUT2D eigenvalue weighted by molar-refractivity contribution is 9.10. The number of halogens is 2. The van der Waals surface area contributed by atoms with Crippen LogP contribution >= 0.6 is 27.5 Å². The van der Waals surface area contributed by atoms with Gasteiger partial charge in [0, 0.05) is 15.1 Å². The Kier molecular flexibility index (Phi) is 5.55. The summed E-state index contributed by atoms with van der Waals surface area (Å²) in [6, 6.07) is 18.7. The van der Waals surface area contributed by atoms with E-state index in [2.05, 4.69) is 15.9 Å². The molecule has 4 heteroatoms. The number of rotatable bonds is 3. The second-order valence-electron chi connectivity index (χ2n) is 4.37. The summed E-state index contributed by atoms with van der Waals surface area (Å²) in [4.78, 5) is 0. The molecule has 0 spiro atoms. The topological polar surface area (TPSA) is 47.6 Å². The van der Waals surface area contributed by atoms with E-state index in [1.54, 1.807) is 18.2 Å². The molecule has 0 fully saturated rings. The average molecular weight is 370 g/mol. The van der Waals surface area contributed by atoms with E-state index in [4.69, 9.17) is 22.1 Å². The van der Waals surface area contributed by atoms with Gasteiger partial charge in [0.15, 0.2) is 0 Å². The van der Waals surface area contributed by atoms with Crippen molar-refractivity contribution >= 4 is 39.2 Å². The molecule has 0 N–H and O–H groups in total. The van der Waals surface area contributed by atoms with E-state index in [9.17, 15) is 0 Å². The third-order valence-corrected chi connectivity index (χ3v) is 3.86. The summed E-state index contributed by atoms with van der Waals surface area (Å²) in [5.41, 5.74) is 2.25. The van der Waals surface area contributed by atoms with Crippen LogP contribution in [0.25, 0.3) is 11.6 Å². The molecule has 0 aromatic heterocycles. The fourth-order valence-corrected chi connectivity index (χ4v) is 2.35. The van der Waals surface area contributed by atoms with E-state index < -0.39 is 0 Å². The molecule has 0 heterocycles. The molecule has 0 aliphatic rings. The van der Waals surface area contributed by atoms with E-state index in [-0.39, 0.29) is 5.57 Å². The van der Waals surface area contributed by atoms with Crippen molar-refractivity contribution in [1.29, 1.82) is 10.5 Å². The third kappa shape index (κ3) is 3.86. The smallest absolute Gasteiger partial charge is 0.137 e. The Morgan fingerprint density at radius 1 is 1.00 bits per heavy atom. The van der Waals surface area contributed by atoms with Gasteiger partial charge in [-0.3, -0.25) is 0 Å². The molecule has 2 aromatic carbocycles. The second-order valence-corrected chi connectivity index (χ2v) is 5.70. The monoisotopic (exact) mass is 368 g/mol. The molecule has 0 saturated carbocycles. The van der Waals surface area contributed by atoms with Crippen LogP contribution in [0, 0.1) is 22.7 Å². The summed E-state index contributed by atoms with van der Waals surface area (Å²) in [6.45, 7) is 0. The van der Waals surface area contributed by atoms with Crippen molar-refractivity contribution in [3.63, 3.8) is 0 Å². The Bertz CT molecular complexity index is 805. The number of hydrogen-bond acceptors (Lipinski definition) is 2. The first-order chi connectivity index (χ1) is 10.7. The number of benzene rings is 2. The van der Waals surface area contributed by atoms with Crippen molar-refractivity contribution in [2.75, 3.05) is 0 Å². The Morgan fingerprint density at radius 3 is 2.23 bits per heavy atom. The van der Waals surface area contributed by atoms with Gasteiger partial charge in [-0.15, -0.1) is 0 Å². The Balaban J connectivity index is 2.50. The summed E-state index contributed by atoms with van der Waals surface area (Å²) < 4.78 is 0.932. The van der Waals surface area contributed by atoms with Gasteiger partial charge in [0.2, 0.25) is 0 Å². The van der Waals surface area contributed by atoms with Gasteiger partial charge in [-0.25, -0.2) is 0 Å². The van der Waals surface area contributed by atoms with E-state index in [0.717, 1.165) is 15.6 Å². The highest BCUT2D eigenvalue weighted by atomic mass is 79.9. The maximum atomic E-state index is 9.16. The predicted molar refractivity (Wildman–Crippen MR) is 92.8 cm³/mol. The van der Waals surface area contributed by atoms with Gasteiger partial charge < -0.3 is 0 Å². The number of hydrogen-bond donors (Lipinski definition) is 0. The van der Waals surface area contributed by atoms with E-state index in [1.165, 1.54) is 0 Å². The maximum absolute atomic E-state index is 9.16. The lowest BCUT2D eigenvalue weighted by molar-refractivity contribution is 1.46. The van der Waals surface area contributed by atoms with Crippen LogP contribution in [-0.4, -0.2) is 0 Å². The molecular weight excluding hydrogens is 360 g/mol. The van der Waals surface area contributed by atoms with Gasteiger partial charge in [-0.1, -0.05) is 70.0 Å². The summed E-state index contributed by atoms with van der Waals surface area (Å²) in [6.07, 6.45) is 3.54. The molecule has 2 rings (SSSR count). The molecule has 2 aromatic rings. The first-order valence-corrected chi connectivity index (χ1v) is 7.56. The normalized spacial score (nSPS) is 10.0. The van der Waals surface area contributed by atoms with Crippen LogP contribution in [0.2, 0.25) is 5.02 Å². The fourth-order valence-electron chi connectivity index (χ4n) is 1.88. The van der Waals surface area contributed by atoms with E-state index >= 15 is 0 Å². The van der Waals surface area contributed by atoms with Crippen LogP contribution in [0.5, 0.6) is 0 Å².